The highest BCUT2D eigenvalue weighted by atomic mass is 19.1. The van der Waals surface area contributed by atoms with Crippen LogP contribution in [0, 0.1) is 12.7 Å². The summed E-state index contributed by atoms with van der Waals surface area (Å²) in [6, 6.07) is 23.2. The smallest absolute Gasteiger partial charge is 0.311 e. The largest absolute Gasteiger partial charge is 0.496 e. The minimum atomic E-state index is -0.408. The number of halogens is 1. The molecule has 0 aromatic heterocycles. The van der Waals surface area contributed by atoms with Gasteiger partial charge in [-0.25, -0.2) is 4.39 Å². The van der Waals surface area contributed by atoms with Crippen LogP contribution < -0.4 is 24.4 Å². The van der Waals surface area contributed by atoms with Crippen LogP contribution in [0.1, 0.15) is 43.9 Å². The van der Waals surface area contributed by atoms with Crippen molar-refractivity contribution in [2.45, 2.75) is 52.7 Å². The van der Waals surface area contributed by atoms with Gasteiger partial charge in [-0.2, -0.15) is 0 Å². The van der Waals surface area contributed by atoms with Crippen molar-refractivity contribution in [3.05, 3.63) is 101 Å². The molecule has 0 saturated heterocycles. The highest BCUT2D eigenvalue weighted by Crippen LogP contribution is 2.42. The molecule has 0 aliphatic heterocycles. The van der Waals surface area contributed by atoms with E-state index in [-0.39, 0.29) is 24.5 Å². The molecule has 1 N–H and O–H groups in total. The fourth-order valence-electron chi connectivity index (χ4n) is 4.91. The topological polar surface area (TPSA) is 77.1 Å². The molecule has 0 unspecified atom stereocenters. The van der Waals surface area contributed by atoms with Gasteiger partial charge in [-0.05, 0) is 75.1 Å². The number of aryl methyl sites for hydroxylation is 2. The van der Waals surface area contributed by atoms with E-state index in [0.717, 1.165) is 28.8 Å². The predicted octanol–water partition coefficient (Wildman–Crippen LogP) is 7.73. The molecular weight excluding hydrogens is 559 g/mol. The van der Waals surface area contributed by atoms with Crippen molar-refractivity contribution in [2.75, 3.05) is 24.4 Å². The second-order valence-corrected chi connectivity index (χ2v) is 11.6. The minimum Gasteiger partial charge on any atom is -0.496 e. The summed E-state index contributed by atoms with van der Waals surface area (Å²) in [5.74, 6) is 0.464. The number of hydrogen-bond donors (Lipinski definition) is 1. The SMILES string of the molecule is COc1cc(OC(=O)CCc2ccccc2)ccc1-c1ccc(NC(C)(C)C)c(N(C)C=O)c1COc1cc(F)ccc1C. The minimum absolute atomic E-state index is 0.0339. The van der Waals surface area contributed by atoms with Crippen molar-refractivity contribution in [3.63, 3.8) is 0 Å². The monoisotopic (exact) mass is 598 g/mol. The van der Waals surface area contributed by atoms with Crippen LogP contribution in [-0.2, 0) is 22.6 Å². The predicted molar refractivity (Wildman–Crippen MR) is 172 cm³/mol. The van der Waals surface area contributed by atoms with E-state index in [2.05, 4.69) is 5.32 Å². The molecule has 8 heteroatoms. The van der Waals surface area contributed by atoms with Crippen molar-refractivity contribution in [1.82, 2.24) is 0 Å². The molecule has 0 atom stereocenters. The lowest BCUT2D eigenvalue weighted by molar-refractivity contribution is -0.134. The number of amides is 1. The molecule has 230 valence electrons. The van der Waals surface area contributed by atoms with Crippen molar-refractivity contribution in [3.8, 4) is 28.4 Å². The van der Waals surface area contributed by atoms with E-state index in [1.165, 1.54) is 17.0 Å². The molecule has 4 rings (SSSR count). The molecule has 0 heterocycles. The Balaban J connectivity index is 1.73. The van der Waals surface area contributed by atoms with E-state index in [4.69, 9.17) is 14.2 Å². The van der Waals surface area contributed by atoms with Crippen molar-refractivity contribution in [1.29, 1.82) is 0 Å². The van der Waals surface area contributed by atoms with Crippen LogP contribution in [0.5, 0.6) is 17.2 Å². The van der Waals surface area contributed by atoms with Crippen molar-refractivity contribution in [2.24, 2.45) is 0 Å². The number of anilines is 2. The summed E-state index contributed by atoms with van der Waals surface area (Å²) in [5.41, 5.74) is 4.99. The highest BCUT2D eigenvalue weighted by Gasteiger charge is 2.23. The Morgan fingerprint density at radius 2 is 1.68 bits per heavy atom. The first kappa shape index (κ1) is 32.1. The van der Waals surface area contributed by atoms with Crippen molar-refractivity contribution >= 4 is 23.8 Å². The second-order valence-electron chi connectivity index (χ2n) is 11.6. The summed E-state index contributed by atoms with van der Waals surface area (Å²) in [4.78, 5) is 26.3. The van der Waals surface area contributed by atoms with E-state index >= 15 is 0 Å². The molecular formula is C36H39FN2O5. The Morgan fingerprint density at radius 3 is 2.36 bits per heavy atom. The molecule has 0 bridgehead atoms. The molecule has 1 amide bonds. The summed E-state index contributed by atoms with van der Waals surface area (Å²) in [6.45, 7) is 7.96. The van der Waals surface area contributed by atoms with Crippen LogP contribution in [0.15, 0.2) is 78.9 Å². The molecule has 0 saturated carbocycles. The number of rotatable bonds is 12. The summed E-state index contributed by atoms with van der Waals surface area (Å²) >= 11 is 0. The molecule has 0 aliphatic carbocycles. The van der Waals surface area contributed by atoms with Gasteiger partial charge in [0.25, 0.3) is 0 Å². The molecule has 7 nitrogen and oxygen atoms in total. The number of ether oxygens (including phenoxy) is 3. The number of nitrogens with zero attached hydrogens (tertiary/aromatic N) is 1. The zero-order chi connectivity index (χ0) is 31.9. The molecule has 4 aromatic rings. The Morgan fingerprint density at radius 1 is 0.955 bits per heavy atom. The van der Waals surface area contributed by atoms with E-state index in [1.807, 2.05) is 76.2 Å². The van der Waals surface area contributed by atoms with Gasteiger partial charge in [0.05, 0.1) is 18.5 Å². The number of benzene rings is 4. The fraction of sp³-hybridized carbons (Fsp3) is 0.278. The zero-order valence-corrected chi connectivity index (χ0v) is 26.1. The number of methoxy groups -OCH3 is 1. The standard InChI is InChI=1S/C36H39FN2O5/c1-24-12-14-26(37)20-32(24)43-22-30-28(17-18-31(38-36(2,3)4)35(30)39(5)23-40)29-16-15-27(21-33(29)42-6)44-34(41)19-13-25-10-8-7-9-11-25/h7-12,14-18,20-21,23,38H,13,19,22H2,1-6H3. The maximum Gasteiger partial charge on any atom is 0.311 e. The molecule has 0 aliphatic rings. The summed E-state index contributed by atoms with van der Waals surface area (Å²) in [6.07, 6.45) is 1.54. The van der Waals surface area contributed by atoms with Gasteiger partial charge in [0.2, 0.25) is 6.41 Å². The Hall–Kier alpha value is -4.85. The molecule has 0 fully saturated rings. The molecule has 4 aromatic carbocycles. The summed E-state index contributed by atoms with van der Waals surface area (Å²) < 4.78 is 31.7. The maximum atomic E-state index is 14.1. The van der Waals surface area contributed by atoms with Gasteiger partial charge in [-0.1, -0.05) is 42.5 Å². The summed E-state index contributed by atoms with van der Waals surface area (Å²) in [5, 5.41) is 3.48. The fourth-order valence-corrected chi connectivity index (χ4v) is 4.91. The Labute approximate surface area is 258 Å². The third kappa shape index (κ3) is 8.16. The van der Waals surface area contributed by atoms with Gasteiger partial charge in [-0.15, -0.1) is 0 Å². The first-order valence-corrected chi connectivity index (χ1v) is 14.4. The highest BCUT2D eigenvalue weighted by molar-refractivity contribution is 5.91. The van der Waals surface area contributed by atoms with E-state index < -0.39 is 5.82 Å². The number of esters is 1. The third-order valence-electron chi connectivity index (χ3n) is 6.98. The Bertz CT molecular complexity index is 1620. The van der Waals surface area contributed by atoms with E-state index in [0.29, 0.717) is 40.5 Å². The first-order valence-electron chi connectivity index (χ1n) is 14.4. The van der Waals surface area contributed by atoms with E-state index in [1.54, 1.807) is 32.4 Å². The van der Waals surface area contributed by atoms with Gasteiger partial charge < -0.3 is 24.4 Å². The number of carbonyl (C=O) groups excluding carboxylic acids is 2. The summed E-state index contributed by atoms with van der Waals surface area (Å²) in [7, 11) is 3.21. The number of hydrogen-bond acceptors (Lipinski definition) is 6. The number of carbonyl (C=O) groups is 2. The average molecular weight is 599 g/mol. The second kappa shape index (κ2) is 14.1. The third-order valence-corrected chi connectivity index (χ3v) is 6.98. The van der Waals surface area contributed by atoms with Crippen LogP contribution in [0.3, 0.4) is 0 Å². The van der Waals surface area contributed by atoms with Gasteiger partial charge >= 0.3 is 5.97 Å². The lowest BCUT2D eigenvalue weighted by Crippen LogP contribution is -2.28. The van der Waals surface area contributed by atoms with Gasteiger partial charge in [-0.3, -0.25) is 9.59 Å². The maximum absolute atomic E-state index is 14.1. The normalized spacial score (nSPS) is 11.1. The molecule has 44 heavy (non-hydrogen) atoms. The number of nitrogens with one attached hydrogen (secondary N) is 1. The van der Waals surface area contributed by atoms with Gasteiger partial charge in [0, 0.05) is 42.3 Å². The van der Waals surface area contributed by atoms with Crippen LogP contribution in [0.25, 0.3) is 11.1 Å². The quantitative estimate of drug-likeness (QED) is 0.102. The first-order chi connectivity index (χ1) is 21.0. The van der Waals surface area contributed by atoms with Gasteiger partial charge in [0.15, 0.2) is 0 Å². The van der Waals surface area contributed by atoms with Crippen LogP contribution >= 0.6 is 0 Å². The Kier molecular flexibility index (Phi) is 10.3. The zero-order valence-electron chi connectivity index (χ0n) is 26.1. The van der Waals surface area contributed by atoms with Gasteiger partial charge in [0.1, 0.15) is 29.7 Å². The lowest BCUT2D eigenvalue weighted by Gasteiger charge is -2.29. The molecule has 0 spiro atoms. The van der Waals surface area contributed by atoms with Crippen molar-refractivity contribution < 1.29 is 28.2 Å². The lowest BCUT2D eigenvalue weighted by atomic mass is 9.95. The van der Waals surface area contributed by atoms with Crippen LogP contribution in [0.4, 0.5) is 15.8 Å². The van der Waals surface area contributed by atoms with Crippen LogP contribution in [-0.4, -0.2) is 32.1 Å². The van der Waals surface area contributed by atoms with Crippen LogP contribution in [0.2, 0.25) is 0 Å². The average Bonchev–Trinajstić information content (AvgIpc) is 3.00. The molecule has 0 radical (unpaired) electrons. The van der Waals surface area contributed by atoms with E-state index in [9.17, 15) is 14.0 Å².